The minimum absolute atomic E-state index is 0.126. The van der Waals surface area contributed by atoms with E-state index in [0.29, 0.717) is 35.9 Å². The van der Waals surface area contributed by atoms with Crippen molar-refractivity contribution in [1.82, 2.24) is 25.3 Å². The largest absolute Gasteiger partial charge is 0.480 e. The van der Waals surface area contributed by atoms with Crippen LogP contribution in [0, 0.1) is 17.8 Å². The summed E-state index contributed by atoms with van der Waals surface area (Å²) < 4.78 is 12.6. The minimum Gasteiger partial charge on any atom is -0.480 e. The number of anilines is 1. The lowest BCUT2D eigenvalue weighted by molar-refractivity contribution is -0.120. The van der Waals surface area contributed by atoms with Crippen LogP contribution in [0.1, 0.15) is 76.5 Å². The van der Waals surface area contributed by atoms with Crippen molar-refractivity contribution >= 4 is 17.7 Å². The Morgan fingerprint density at radius 2 is 1.81 bits per heavy atom. The maximum Gasteiger partial charge on any atom is 0.408 e. The quantitative estimate of drug-likeness (QED) is 0.512. The first kappa shape index (κ1) is 24.5. The average molecular weight is 497 g/mol. The summed E-state index contributed by atoms with van der Waals surface area (Å²) in [5.74, 6) is 1.79. The molecule has 36 heavy (non-hydrogen) atoms. The topological polar surface area (TPSA) is 120 Å². The highest BCUT2D eigenvalue weighted by atomic mass is 16.6. The molecular formula is C26H36N6O4. The summed E-state index contributed by atoms with van der Waals surface area (Å²) in [6, 6.07) is 1.38. The molecule has 0 spiro atoms. The van der Waals surface area contributed by atoms with Gasteiger partial charge in [-0.3, -0.25) is 9.48 Å². The number of nitrogens with zero attached hydrogens (tertiary/aromatic N) is 4. The third-order valence-electron chi connectivity index (χ3n) is 6.95. The molecular weight excluding hydrogens is 460 g/mol. The summed E-state index contributed by atoms with van der Waals surface area (Å²) in [5.41, 5.74) is 1.81. The van der Waals surface area contributed by atoms with E-state index in [-0.39, 0.29) is 11.8 Å². The Hall–Kier alpha value is -3.17. The highest BCUT2D eigenvalue weighted by Gasteiger charge is 2.48. The molecule has 2 amide bonds. The number of rotatable bonds is 10. The van der Waals surface area contributed by atoms with Crippen molar-refractivity contribution in [2.24, 2.45) is 17.8 Å². The Labute approximate surface area is 211 Å². The number of methoxy groups -OCH3 is 1. The minimum atomic E-state index is -0.645. The number of carbonyl (C=O) groups is 2. The van der Waals surface area contributed by atoms with E-state index in [1.165, 1.54) is 0 Å². The predicted molar refractivity (Wildman–Crippen MR) is 133 cm³/mol. The Morgan fingerprint density at radius 3 is 2.39 bits per heavy atom. The summed E-state index contributed by atoms with van der Waals surface area (Å²) in [5, 5.41) is 18.8. The molecule has 0 radical (unpaired) electrons. The second-order valence-corrected chi connectivity index (χ2v) is 11.4. The summed E-state index contributed by atoms with van der Waals surface area (Å²) in [7, 11) is 1.58. The number of alkyl carbamates (subject to hydrolysis) is 1. The number of nitrogens with one attached hydrogen (secondary N) is 2. The lowest BCUT2D eigenvalue weighted by Crippen LogP contribution is -2.51. The summed E-state index contributed by atoms with van der Waals surface area (Å²) in [4.78, 5) is 26.1. The molecule has 1 atom stereocenters. The molecule has 3 saturated carbocycles. The molecule has 0 aromatic carbocycles. The van der Waals surface area contributed by atoms with E-state index in [0.717, 1.165) is 49.8 Å². The summed E-state index contributed by atoms with van der Waals surface area (Å²) in [6.45, 7) is 5.89. The Kier molecular flexibility index (Phi) is 6.61. The number of ether oxygens (including phenoxy) is 2. The second-order valence-electron chi connectivity index (χ2n) is 11.4. The van der Waals surface area contributed by atoms with Crippen molar-refractivity contribution in [1.29, 1.82) is 0 Å². The molecule has 3 fully saturated rings. The van der Waals surface area contributed by atoms with Gasteiger partial charge in [-0.05, 0) is 83.1 Å². The van der Waals surface area contributed by atoms with Gasteiger partial charge in [-0.2, -0.15) is 10.2 Å². The fourth-order valence-electron chi connectivity index (χ4n) is 4.87. The highest BCUT2D eigenvalue weighted by molar-refractivity contribution is 5.96. The lowest BCUT2D eigenvalue weighted by atomic mass is 9.89. The van der Waals surface area contributed by atoms with Gasteiger partial charge < -0.3 is 20.1 Å². The van der Waals surface area contributed by atoms with Crippen LogP contribution in [0.15, 0.2) is 18.5 Å². The van der Waals surface area contributed by atoms with Gasteiger partial charge in [0.25, 0.3) is 0 Å². The van der Waals surface area contributed by atoms with Crippen molar-refractivity contribution in [2.45, 2.75) is 83.4 Å². The van der Waals surface area contributed by atoms with Gasteiger partial charge in [0.1, 0.15) is 11.6 Å². The fourth-order valence-corrected chi connectivity index (χ4v) is 4.87. The molecule has 0 bridgehead atoms. The normalized spacial score (nSPS) is 18.6. The van der Waals surface area contributed by atoms with Crippen LogP contribution in [0.3, 0.4) is 0 Å². The van der Waals surface area contributed by atoms with Gasteiger partial charge in [0.2, 0.25) is 11.8 Å². The molecule has 2 aromatic rings. The van der Waals surface area contributed by atoms with Crippen LogP contribution in [-0.2, 0) is 16.1 Å². The molecule has 0 saturated heterocycles. The van der Waals surface area contributed by atoms with Crippen molar-refractivity contribution in [2.75, 3.05) is 12.4 Å². The molecule has 2 N–H and O–H groups in total. The van der Waals surface area contributed by atoms with E-state index < -0.39 is 17.7 Å². The smallest absolute Gasteiger partial charge is 0.408 e. The van der Waals surface area contributed by atoms with E-state index in [9.17, 15) is 9.59 Å². The highest BCUT2D eigenvalue weighted by Crippen LogP contribution is 2.51. The number of carbonyl (C=O) groups excluding carboxylic acids is 2. The van der Waals surface area contributed by atoms with Gasteiger partial charge in [0.05, 0.1) is 31.2 Å². The van der Waals surface area contributed by atoms with E-state index >= 15 is 0 Å². The van der Waals surface area contributed by atoms with Crippen molar-refractivity contribution < 1.29 is 19.1 Å². The van der Waals surface area contributed by atoms with Crippen LogP contribution in [0.2, 0.25) is 0 Å². The van der Waals surface area contributed by atoms with Crippen LogP contribution in [0.25, 0.3) is 0 Å². The third-order valence-corrected chi connectivity index (χ3v) is 6.95. The molecule has 10 heteroatoms. The van der Waals surface area contributed by atoms with Crippen LogP contribution < -0.4 is 15.4 Å². The SMILES string of the molecule is COc1nnc(C2CC2)cc1Cn1cc(NC(=O)C(NC(=O)OC(C)(C)C)C(C2CC2)C2CC2)cn1. The first-order valence-electron chi connectivity index (χ1n) is 12.9. The molecule has 0 aliphatic heterocycles. The van der Waals surface area contributed by atoms with Gasteiger partial charge in [0.15, 0.2) is 0 Å². The molecule has 5 rings (SSSR count). The average Bonchev–Trinajstić information content (AvgIpc) is 3.65. The molecule has 2 heterocycles. The van der Waals surface area contributed by atoms with Crippen LogP contribution in [-0.4, -0.2) is 50.7 Å². The summed E-state index contributed by atoms with van der Waals surface area (Å²) in [6.07, 6.45) is 9.52. The second kappa shape index (κ2) is 9.71. The Balaban J connectivity index is 1.28. The molecule has 1 unspecified atom stereocenters. The number of amides is 2. The van der Waals surface area contributed by atoms with Crippen LogP contribution in [0.5, 0.6) is 5.88 Å². The number of hydrogen-bond acceptors (Lipinski definition) is 7. The van der Waals surface area contributed by atoms with Gasteiger partial charge >= 0.3 is 6.09 Å². The molecule has 3 aliphatic rings. The van der Waals surface area contributed by atoms with Gasteiger partial charge in [0, 0.05) is 17.7 Å². The van der Waals surface area contributed by atoms with Gasteiger partial charge in [-0.15, -0.1) is 5.10 Å². The third kappa shape index (κ3) is 6.14. The van der Waals surface area contributed by atoms with Crippen LogP contribution >= 0.6 is 0 Å². The fraction of sp³-hybridized carbons (Fsp3) is 0.654. The summed E-state index contributed by atoms with van der Waals surface area (Å²) >= 11 is 0. The standard InChI is InChI=1S/C26H36N6O4/c1-26(2,3)36-25(34)29-22(21(16-7-8-16)17-9-10-17)23(33)28-19-12-27-32(14-19)13-18-11-20(15-5-6-15)30-31-24(18)35-4/h11-12,14-17,21-22H,5-10,13H2,1-4H3,(H,28,33)(H,29,34). The van der Waals surface area contributed by atoms with E-state index in [4.69, 9.17) is 9.47 Å². The van der Waals surface area contributed by atoms with Crippen molar-refractivity contribution in [3.8, 4) is 5.88 Å². The van der Waals surface area contributed by atoms with Gasteiger partial charge in [-0.25, -0.2) is 4.79 Å². The zero-order valence-electron chi connectivity index (χ0n) is 21.5. The monoisotopic (exact) mass is 496 g/mol. The predicted octanol–water partition coefficient (Wildman–Crippen LogP) is 3.88. The van der Waals surface area contributed by atoms with Gasteiger partial charge in [-0.1, -0.05) is 0 Å². The Morgan fingerprint density at radius 1 is 1.11 bits per heavy atom. The molecule has 10 nitrogen and oxygen atoms in total. The lowest BCUT2D eigenvalue weighted by Gasteiger charge is -2.28. The molecule has 2 aromatic heterocycles. The van der Waals surface area contributed by atoms with E-state index in [2.05, 4.69) is 25.9 Å². The van der Waals surface area contributed by atoms with E-state index in [1.807, 2.05) is 26.8 Å². The molecule has 3 aliphatic carbocycles. The zero-order chi connectivity index (χ0) is 25.4. The number of aromatic nitrogens is 4. The first-order chi connectivity index (χ1) is 17.2. The Bertz CT molecular complexity index is 1100. The maximum atomic E-state index is 13.5. The zero-order valence-corrected chi connectivity index (χ0v) is 21.5. The molecule has 194 valence electrons. The van der Waals surface area contributed by atoms with E-state index in [1.54, 1.807) is 24.2 Å². The first-order valence-corrected chi connectivity index (χ1v) is 12.9. The van der Waals surface area contributed by atoms with Crippen molar-refractivity contribution in [3.05, 3.63) is 29.7 Å². The van der Waals surface area contributed by atoms with Crippen molar-refractivity contribution in [3.63, 3.8) is 0 Å². The maximum absolute atomic E-state index is 13.5. The van der Waals surface area contributed by atoms with Crippen LogP contribution in [0.4, 0.5) is 10.5 Å². The number of hydrogen-bond donors (Lipinski definition) is 2.